The van der Waals surface area contributed by atoms with E-state index in [4.69, 9.17) is 4.74 Å². The molecule has 1 aromatic rings. The van der Waals surface area contributed by atoms with Crippen LogP contribution in [0.25, 0.3) is 0 Å². The Hall–Kier alpha value is -0.680. The van der Waals surface area contributed by atoms with Crippen LogP contribution >= 0.6 is 27.7 Å². The van der Waals surface area contributed by atoms with Crippen LogP contribution in [0.4, 0.5) is 5.69 Å². The molecule has 0 spiro atoms. The van der Waals surface area contributed by atoms with Crippen LogP contribution in [0.15, 0.2) is 28.7 Å². The van der Waals surface area contributed by atoms with Crippen molar-refractivity contribution in [2.24, 2.45) is 5.41 Å². The van der Waals surface area contributed by atoms with E-state index in [0.717, 1.165) is 28.1 Å². The summed E-state index contributed by atoms with van der Waals surface area (Å²) in [5.41, 5.74) is 0.110. The first kappa shape index (κ1) is 16.7. The Balaban J connectivity index is 2.35. The second-order valence-corrected chi connectivity index (χ2v) is 7.97. The van der Waals surface area contributed by atoms with Gasteiger partial charge in [-0.2, -0.15) is 11.8 Å². The van der Waals surface area contributed by atoms with Crippen molar-refractivity contribution in [1.82, 2.24) is 0 Å². The number of esters is 1. The van der Waals surface area contributed by atoms with Gasteiger partial charge in [0.1, 0.15) is 5.54 Å². The van der Waals surface area contributed by atoms with Gasteiger partial charge in [-0.25, -0.2) is 4.79 Å². The van der Waals surface area contributed by atoms with Gasteiger partial charge >= 0.3 is 5.97 Å². The molecule has 1 aliphatic rings. The van der Waals surface area contributed by atoms with Crippen molar-refractivity contribution >= 4 is 39.3 Å². The van der Waals surface area contributed by atoms with Gasteiger partial charge in [0.2, 0.25) is 0 Å². The van der Waals surface area contributed by atoms with Crippen molar-refractivity contribution < 1.29 is 9.53 Å². The summed E-state index contributed by atoms with van der Waals surface area (Å²) in [6, 6.07) is 7.93. The first-order chi connectivity index (χ1) is 9.91. The van der Waals surface area contributed by atoms with Crippen LogP contribution in [0, 0.1) is 5.41 Å². The molecule has 1 fully saturated rings. The molecule has 1 heterocycles. The summed E-state index contributed by atoms with van der Waals surface area (Å²) in [6.07, 6.45) is 0.986. The van der Waals surface area contributed by atoms with E-state index >= 15 is 0 Å². The summed E-state index contributed by atoms with van der Waals surface area (Å²) in [6.45, 7) is 6.56. The predicted molar refractivity (Wildman–Crippen MR) is 92.9 cm³/mol. The Morgan fingerprint density at radius 1 is 1.38 bits per heavy atom. The Morgan fingerprint density at radius 3 is 2.62 bits per heavy atom. The minimum absolute atomic E-state index is 0.148. The van der Waals surface area contributed by atoms with Crippen molar-refractivity contribution in [3.63, 3.8) is 0 Å². The fourth-order valence-electron chi connectivity index (χ4n) is 2.59. The zero-order valence-corrected chi connectivity index (χ0v) is 15.1. The summed E-state index contributed by atoms with van der Waals surface area (Å²) in [7, 11) is 0. The maximum Gasteiger partial charge on any atom is 0.333 e. The number of carbonyl (C=O) groups is 1. The Labute approximate surface area is 139 Å². The normalized spacial score (nSPS) is 24.4. The van der Waals surface area contributed by atoms with E-state index in [1.54, 1.807) is 0 Å². The van der Waals surface area contributed by atoms with E-state index in [-0.39, 0.29) is 11.4 Å². The largest absolute Gasteiger partial charge is 0.464 e. The molecule has 5 heteroatoms. The molecule has 1 aromatic carbocycles. The van der Waals surface area contributed by atoms with E-state index in [9.17, 15) is 4.79 Å². The van der Waals surface area contributed by atoms with Crippen LogP contribution in [-0.4, -0.2) is 29.6 Å². The average molecular weight is 372 g/mol. The molecular weight excluding hydrogens is 350 g/mol. The van der Waals surface area contributed by atoms with Gasteiger partial charge in [-0.3, -0.25) is 0 Å². The first-order valence-corrected chi connectivity index (χ1v) is 9.15. The Bertz CT molecular complexity index is 504. The third-order valence-electron chi connectivity index (χ3n) is 4.17. The SMILES string of the molecule is CCOC(=O)C1(Nc2ccc(Br)cc2)CSCCC1(C)C. The number of rotatable bonds is 4. The summed E-state index contributed by atoms with van der Waals surface area (Å²) in [4.78, 5) is 12.7. The Morgan fingerprint density at radius 2 is 2.05 bits per heavy atom. The summed E-state index contributed by atoms with van der Waals surface area (Å²) in [5.74, 6) is 1.66. The molecule has 116 valence electrons. The molecular formula is C16H22BrNO2S. The van der Waals surface area contributed by atoms with Crippen LogP contribution < -0.4 is 5.32 Å². The number of thioether (sulfide) groups is 1. The van der Waals surface area contributed by atoms with E-state index in [1.165, 1.54) is 0 Å². The minimum atomic E-state index is -0.681. The van der Waals surface area contributed by atoms with E-state index in [0.29, 0.717) is 6.61 Å². The zero-order valence-electron chi connectivity index (χ0n) is 12.7. The minimum Gasteiger partial charge on any atom is -0.464 e. The highest BCUT2D eigenvalue weighted by Crippen LogP contribution is 2.45. The molecule has 0 aromatic heterocycles. The van der Waals surface area contributed by atoms with E-state index in [1.807, 2.05) is 43.0 Å². The quantitative estimate of drug-likeness (QED) is 0.799. The maximum atomic E-state index is 12.7. The predicted octanol–water partition coefficient (Wildman–Crippen LogP) is 4.33. The average Bonchev–Trinajstić information content (AvgIpc) is 2.43. The third-order valence-corrected chi connectivity index (χ3v) is 5.83. The molecule has 0 amide bonds. The second-order valence-electron chi connectivity index (χ2n) is 5.94. The summed E-state index contributed by atoms with van der Waals surface area (Å²) >= 11 is 5.24. The number of nitrogens with one attached hydrogen (secondary N) is 1. The molecule has 3 nitrogen and oxygen atoms in total. The zero-order chi connectivity index (χ0) is 15.5. The van der Waals surface area contributed by atoms with Crippen LogP contribution in [-0.2, 0) is 9.53 Å². The lowest BCUT2D eigenvalue weighted by Crippen LogP contribution is -2.62. The van der Waals surface area contributed by atoms with Gasteiger partial charge < -0.3 is 10.1 Å². The van der Waals surface area contributed by atoms with Crippen LogP contribution in [0.5, 0.6) is 0 Å². The number of ether oxygens (including phenoxy) is 1. The van der Waals surface area contributed by atoms with Gasteiger partial charge in [0, 0.05) is 21.3 Å². The van der Waals surface area contributed by atoms with Gasteiger partial charge in [0.05, 0.1) is 6.61 Å². The molecule has 21 heavy (non-hydrogen) atoms. The van der Waals surface area contributed by atoms with Crippen LogP contribution in [0.1, 0.15) is 27.2 Å². The molecule has 0 saturated carbocycles. The van der Waals surface area contributed by atoms with Gasteiger partial charge in [0.15, 0.2) is 0 Å². The van der Waals surface area contributed by atoms with Crippen molar-refractivity contribution in [2.45, 2.75) is 32.7 Å². The first-order valence-electron chi connectivity index (χ1n) is 7.20. The lowest BCUT2D eigenvalue weighted by atomic mass is 9.70. The van der Waals surface area contributed by atoms with Crippen molar-refractivity contribution in [2.75, 3.05) is 23.4 Å². The van der Waals surface area contributed by atoms with E-state index < -0.39 is 5.54 Å². The fraction of sp³-hybridized carbons (Fsp3) is 0.562. The topological polar surface area (TPSA) is 38.3 Å². The van der Waals surface area contributed by atoms with Crippen LogP contribution in [0.2, 0.25) is 0 Å². The van der Waals surface area contributed by atoms with Crippen molar-refractivity contribution in [1.29, 1.82) is 0 Å². The maximum absolute atomic E-state index is 12.7. The molecule has 1 atom stereocenters. The van der Waals surface area contributed by atoms with Gasteiger partial charge in [-0.1, -0.05) is 29.8 Å². The van der Waals surface area contributed by atoms with Gasteiger partial charge in [-0.05, 0) is 43.4 Å². The summed E-state index contributed by atoms with van der Waals surface area (Å²) in [5, 5.41) is 3.48. The van der Waals surface area contributed by atoms with Gasteiger partial charge in [-0.15, -0.1) is 0 Å². The fourth-order valence-corrected chi connectivity index (χ4v) is 4.54. The van der Waals surface area contributed by atoms with Crippen molar-refractivity contribution in [3.05, 3.63) is 28.7 Å². The van der Waals surface area contributed by atoms with E-state index in [2.05, 4.69) is 35.1 Å². The summed E-state index contributed by atoms with van der Waals surface area (Å²) < 4.78 is 6.42. The standard InChI is InChI=1S/C16H22BrNO2S/c1-4-20-14(19)16(11-21-10-9-15(16,2)3)18-13-7-5-12(17)6-8-13/h5-8,18H,4,9-11H2,1-3H3. The highest BCUT2D eigenvalue weighted by atomic mass is 79.9. The number of carbonyl (C=O) groups excluding carboxylic acids is 1. The van der Waals surface area contributed by atoms with Gasteiger partial charge in [0.25, 0.3) is 0 Å². The molecule has 1 N–H and O–H groups in total. The molecule has 0 aliphatic carbocycles. The highest BCUT2D eigenvalue weighted by molar-refractivity contribution is 9.10. The van der Waals surface area contributed by atoms with Crippen molar-refractivity contribution in [3.8, 4) is 0 Å². The molecule has 2 rings (SSSR count). The Kier molecular flexibility index (Phi) is 5.25. The number of halogens is 1. The smallest absolute Gasteiger partial charge is 0.333 e. The molecule has 0 radical (unpaired) electrons. The second kappa shape index (κ2) is 6.61. The lowest BCUT2D eigenvalue weighted by molar-refractivity contribution is -0.152. The monoisotopic (exact) mass is 371 g/mol. The molecule has 0 bridgehead atoms. The number of hydrogen-bond acceptors (Lipinski definition) is 4. The number of anilines is 1. The molecule has 1 saturated heterocycles. The number of hydrogen-bond donors (Lipinski definition) is 1. The lowest BCUT2D eigenvalue weighted by Gasteiger charge is -2.48. The van der Waals surface area contributed by atoms with Crippen LogP contribution in [0.3, 0.4) is 0 Å². The molecule has 1 aliphatic heterocycles. The highest BCUT2D eigenvalue weighted by Gasteiger charge is 2.54. The third kappa shape index (κ3) is 3.39. The number of benzene rings is 1. The molecule has 1 unspecified atom stereocenters.